The summed E-state index contributed by atoms with van der Waals surface area (Å²) in [6.07, 6.45) is 2.54. The Kier molecular flexibility index (Phi) is 9.56. The fourth-order valence-electron chi connectivity index (χ4n) is 3.51. The second kappa shape index (κ2) is 12.2. The SMILES string of the molecule is CCC(NC(=O)c1[nH]c(C)c(Cl)c1Br)C(CNc1nc(C(=NC)NC)c(C(=O)O)s1)OCC1CC1. The highest BCUT2D eigenvalue weighted by molar-refractivity contribution is 9.10. The van der Waals surface area contributed by atoms with Gasteiger partial charge in [0.05, 0.1) is 21.6 Å². The molecule has 2 aromatic heterocycles. The van der Waals surface area contributed by atoms with Crippen LogP contribution in [0, 0.1) is 12.8 Å². The summed E-state index contributed by atoms with van der Waals surface area (Å²) in [4.78, 5) is 36.3. The number of carbonyl (C=O) groups is 2. The fourth-order valence-corrected chi connectivity index (χ4v) is 5.04. The van der Waals surface area contributed by atoms with Crippen LogP contribution in [0.2, 0.25) is 5.02 Å². The van der Waals surface area contributed by atoms with Crippen molar-refractivity contribution in [2.45, 2.75) is 45.3 Å². The highest BCUT2D eigenvalue weighted by atomic mass is 79.9. The van der Waals surface area contributed by atoms with Crippen molar-refractivity contribution in [2.24, 2.45) is 10.9 Å². The van der Waals surface area contributed by atoms with Crippen molar-refractivity contribution in [2.75, 3.05) is 32.6 Å². The minimum Gasteiger partial charge on any atom is -0.477 e. The van der Waals surface area contributed by atoms with Crippen molar-refractivity contribution in [1.82, 2.24) is 20.6 Å². The third kappa shape index (κ3) is 6.75. The number of aliphatic imine (C=N–C) groups is 1. The van der Waals surface area contributed by atoms with Gasteiger partial charge in [0.15, 0.2) is 5.13 Å². The van der Waals surface area contributed by atoms with E-state index in [2.05, 4.69) is 46.8 Å². The van der Waals surface area contributed by atoms with Crippen LogP contribution in [0.25, 0.3) is 0 Å². The Labute approximate surface area is 221 Å². The Balaban J connectivity index is 1.76. The molecular formula is C22H30BrClN6O4S. The number of carboxylic acid groups (broad SMARTS) is 1. The highest BCUT2D eigenvalue weighted by Crippen LogP contribution is 2.31. The lowest BCUT2D eigenvalue weighted by Crippen LogP contribution is -2.47. The number of hydrogen-bond acceptors (Lipinski definition) is 7. The first-order chi connectivity index (χ1) is 16.7. The molecule has 0 radical (unpaired) electrons. The van der Waals surface area contributed by atoms with Gasteiger partial charge in [0.1, 0.15) is 22.1 Å². The summed E-state index contributed by atoms with van der Waals surface area (Å²) >= 11 is 10.6. The number of anilines is 1. The molecule has 0 bridgehead atoms. The Hall–Kier alpha value is -2.15. The van der Waals surface area contributed by atoms with Gasteiger partial charge in [-0.2, -0.15) is 0 Å². The molecule has 13 heteroatoms. The summed E-state index contributed by atoms with van der Waals surface area (Å²) < 4.78 is 6.73. The Morgan fingerprint density at radius 1 is 1.43 bits per heavy atom. The van der Waals surface area contributed by atoms with Crippen LogP contribution < -0.4 is 16.0 Å². The normalized spacial score (nSPS) is 15.5. The van der Waals surface area contributed by atoms with Gasteiger partial charge in [-0.3, -0.25) is 9.79 Å². The number of carbonyl (C=O) groups excluding carboxylic acids is 1. The van der Waals surface area contributed by atoms with E-state index in [1.165, 1.54) is 0 Å². The van der Waals surface area contributed by atoms with Gasteiger partial charge < -0.3 is 30.8 Å². The predicted octanol–water partition coefficient (Wildman–Crippen LogP) is 3.91. The van der Waals surface area contributed by atoms with Gasteiger partial charge in [-0.1, -0.05) is 29.9 Å². The summed E-state index contributed by atoms with van der Waals surface area (Å²) in [5.41, 5.74) is 1.33. The molecular weight excluding hydrogens is 560 g/mol. The number of nitrogens with one attached hydrogen (secondary N) is 4. The van der Waals surface area contributed by atoms with E-state index in [1.54, 1.807) is 21.0 Å². The molecule has 35 heavy (non-hydrogen) atoms. The molecule has 192 valence electrons. The largest absolute Gasteiger partial charge is 0.477 e. The fraction of sp³-hybridized carbons (Fsp3) is 0.545. The lowest BCUT2D eigenvalue weighted by molar-refractivity contribution is 0.0266. The van der Waals surface area contributed by atoms with Crippen molar-refractivity contribution >= 4 is 61.7 Å². The smallest absolute Gasteiger partial charge is 0.348 e. The number of aromatic amines is 1. The minimum absolute atomic E-state index is 0.0853. The van der Waals surface area contributed by atoms with E-state index in [0.29, 0.717) is 57.3 Å². The van der Waals surface area contributed by atoms with Crippen molar-refractivity contribution in [1.29, 1.82) is 0 Å². The monoisotopic (exact) mass is 588 g/mol. The van der Waals surface area contributed by atoms with E-state index in [1.807, 2.05) is 6.92 Å². The standard InChI is InChI=1S/C22H30BrClN6O4S/c1-5-12(29-20(31)16-14(23)15(24)10(2)28-16)13(34-9-11-6-7-11)8-27-22-30-17(19(25-3)26-4)18(35-22)21(32)33/h11-13,28H,5-9H2,1-4H3,(H,25,26)(H,27,30)(H,29,31)(H,32,33). The second-order valence-corrected chi connectivity index (χ2v) is 10.4. The number of amidine groups is 1. The molecule has 1 aliphatic rings. The second-order valence-electron chi connectivity index (χ2n) is 8.26. The van der Waals surface area contributed by atoms with Crippen molar-refractivity contribution in [3.05, 3.63) is 31.5 Å². The van der Waals surface area contributed by atoms with E-state index in [-0.39, 0.29) is 28.6 Å². The topological polar surface area (TPSA) is 141 Å². The molecule has 3 rings (SSSR count). The molecule has 2 heterocycles. The summed E-state index contributed by atoms with van der Waals surface area (Å²) in [5.74, 6) is -0.444. The van der Waals surface area contributed by atoms with E-state index in [4.69, 9.17) is 16.3 Å². The zero-order valence-corrected chi connectivity index (χ0v) is 23.2. The number of ether oxygens (including phenoxy) is 1. The van der Waals surface area contributed by atoms with Crippen LogP contribution in [-0.2, 0) is 4.74 Å². The number of amides is 1. The minimum atomic E-state index is -1.08. The lowest BCUT2D eigenvalue weighted by atomic mass is 10.1. The summed E-state index contributed by atoms with van der Waals surface area (Å²) in [6.45, 7) is 4.71. The van der Waals surface area contributed by atoms with Gasteiger partial charge in [0.25, 0.3) is 5.91 Å². The molecule has 1 saturated carbocycles. The molecule has 2 aromatic rings. The van der Waals surface area contributed by atoms with Crippen molar-refractivity contribution in [3.8, 4) is 0 Å². The molecule has 2 unspecified atom stereocenters. The number of H-pyrrole nitrogens is 1. The molecule has 10 nitrogen and oxygen atoms in total. The van der Waals surface area contributed by atoms with Gasteiger partial charge in [-0.05, 0) is 48.0 Å². The van der Waals surface area contributed by atoms with E-state index >= 15 is 0 Å². The Morgan fingerprint density at radius 3 is 2.66 bits per heavy atom. The van der Waals surface area contributed by atoms with Crippen molar-refractivity contribution in [3.63, 3.8) is 0 Å². The quantitative estimate of drug-likeness (QED) is 0.187. The Morgan fingerprint density at radius 2 is 2.14 bits per heavy atom. The molecule has 2 atom stereocenters. The van der Waals surface area contributed by atoms with Crippen LogP contribution in [0.4, 0.5) is 5.13 Å². The molecule has 0 spiro atoms. The maximum Gasteiger partial charge on any atom is 0.348 e. The van der Waals surface area contributed by atoms with Gasteiger partial charge in [-0.15, -0.1) is 0 Å². The van der Waals surface area contributed by atoms with Gasteiger partial charge in [0, 0.05) is 32.9 Å². The zero-order chi connectivity index (χ0) is 25.7. The van der Waals surface area contributed by atoms with Crippen molar-refractivity contribution < 1.29 is 19.4 Å². The molecule has 0 aliphatic heterocycles. The molecule has 1 amide bonds. The average Bonchev–Trinajstić information content (AvgIpc) is 3.51. The van der Waals surface area contributed by atoms with Crippen LogP contribution in [0.3, 0.4) is 0 Å². The molecule has 5 N–H and O–H groups in total. The summed E-state index contributed by atoms with van der Waals surface area (Å²) in [7, 11) is 3.23. The number of aryl methyl sites for hydroxylation is 1. The number of aromatic nitrogens is 2. The number of hydrogen-bond donors (Lipinski definition) is 5. The third-order valence-electron chi connectivity index (χ3n) is 5.69. The number of halogens is 2. The van der Waals surface area contributed by atoms with Crippen LogP contribution in [0.5, 0.6) is 0 Å². The lowest BCUT2D eigenvalue weighted by Gasteiger charge is -2.27. The maximum atomic E-state index is 13.0. The highest BCUT2D eigenvalue weighted by Gasteiger charge is 2.29. The molecule has 1 aliphatic carbocycles. The van der Waals surface area contributed by atoms with Crippen LogP contribution in [0.1, 0.15) is 57.7 Å². The number of rotatable bonds is 12. The maximum absolute atomic E-state index is 13.0. The van der Waals surface area contributed by atoms with E-state index in [0.717, 1.165) is 24.2 Å². The molecule has 1 fully saturated rings. The zero-order valence-electron chi connectivity index (χ0n) is 20.0. The third-order valence-corrected chi connectivity index (χ3v) is 8.18. The predicted molar refractivity (Wildman–Crippen MR) is 141 cm³/mol. The molecule has 0 saturated heterocycles. The van der Waals surface area contributed by atoms with E-state index < -0.39 is 5.97 Å². The number of nitrogens with zero attached hydrogens (tertiary/aromatic N) is 2. The van der Waals surface area contributed by atoms with Gasteiger partial charge in [-0.25, -0.2) is 9.78 Å². The van der Waals surface area contributed by atoms with Crippen LogP contribution >= 0.6 is 38.9 Å². The number of thiazole rings is 1. The first-order valence-electron chi connectivity index (χ1n) is 11.3. The van der Waals surface area contributed by atoms with Gasteiger partial charge >= 0.3 is 5.97 Å². The summed E-state index contributed by atoms with van der Waals surface area (Å²) in [5, 5.41) is 19.6. The number of carboxylic acids is 1. The van der Waals surface area contributed by atoms with Gasteiger partial charge in [0.2, 0.25) is 0 Å². The van der Waals surface area contributed by atoms with E-state index in [9.17, 15) is 14.7 Å². The number of aromatic carboxylic acids is 1. The first kappa shape index (κ1) is 27.4. The van der Waals surface area contributed by atoms with Crippen LogP contribution in [0.15, 0.2) is 9.47 Å². The summed E-state index contributed by atoms with van der Waals surface area (Å²) in [6, 6.07) is -0.300. The Bertz CT molecular complexity index is 1100. The first-order valence-corrected chi connectivity index (χ1v) is 13.3. The van der Waals surface area contributed by atoms with Crippen LogP contribution in [-0.4, -0.2) is 72.2 Å². The average molecular weight is 590 g/mol. The molecule has 0 aromatic carbocycles.